The maximum absolute atomic E-state index is 5.88. The zero-order chi connectivity index (χ0) is 16.3. The average molecular weight is 335 g/mol. The van der Waals surface area contributed by atoms with Crippen molar-refractivity contribution in [3.63, 3.8) is 0 Å². The minimum absolute atomic E-state index is 0.0490. The third-order valence-electron chi connectivity index (χ3n) is 4.46. The van der Waals surface area contributed by atoms with Gasteiger partial charge in [-0.15, -0.1) is 0 Å². The molecule has 0 saturated carbocycles. The Morgan fingerprint density at radius 1 is 1.38 bits per heavy atom. The highest BCUT2D eigenvalue weighted by Crippen LogP contribution is 2.35. The summed E-state index contributed by atoms with van der Waals surface area (Å²) < 4.78 is -0.0490. The molecule has 1 rings (SSSR count). The van der Waals surface area contributed by atoms with Gasteiger partial charge in [-0.25, -0.2) is 0 Å². The van der Waals surface area contributed by atoms with E-state index in [9.17, 15) is 0 Å². The molecule has 0 radical (unpaired) electrons. The summed E-state index contributed by atoms with van der Waals surface area (Å²) in [5.74, 6) is 0. The smallest absolute Gasteiger partial charge is 0.0753 e. The Morgan fingerprint density at radius 3 is 2.43 bits per heavy atom. The van der Waals surface area contributed by atoms with E-state index in [4.69, 9.17) is 31.0 Å². The van der Waals surface area contributed by atoms with Crippen LogP contribution in [0.1, 0.15) is 41.0 Å². The van der Waals surface area contributed by atoms with Crippen molar-refractivity contribution in [2.75, 3.05) is 39.3 Å². The molecule has 1 saturated heterocycles. The van der Waals surface area contributed by atoms with E-state index in [0.29, 0.717) is 6.54 Å². The lowest BCUT2D eigenvalue weighted by Gasteiger charge is -2.57. The van der Waals surface area contributed by atoms with Gasteiger partial charge in [0.2, 0.25) is 0 Å². The number of thiol groups is 2. The monoisotopic (exact) mass is 334 g/mol. The first kappa shape index (κ1) is 19.6. The number of piperazine rings is 1. The molecule has 2 atom stereocenters. The standard InChI is InChI=1S/C15H34N4S2/c1-6-14(4,18(9-7-16)12-13(2,3)20)19-10-8-17-11-15(19,5)21/h17,20-21H,6-12,16H2,1-5H3. The molecule has 1 heterocycles. The van der Waals surface area contributed by atoms with E-state index >= 15 is 0 Å². The van der Waals surface area contributed by atoms with Crippen molar-refractivity contribution in [3.05, 3.63) is 0 Å². The molecule has 0 spiro atoms. The van der Waals surface area contributed by atoms with Crippen LogP contribution < -0.4 is 11.1 Å². The Balaban J connectivity index is 3.07. The van der Waals surface area contributed by atoms with Gasteiger partial charge in [0.05, 0.1) is 10.5 Å². The van der Waals surface area contributed by atoms with Gasteiger partial charge in [-0.2, -0.15) is 25.3 Å². The Morgan fingerprint density at radius 2 is 2.00 bits per heavy atom. The van der Waals surface area contributed by atoms with E-state index in [1.807, 2.05) is 0 Å². The largest absolute Gasteiger partial charge is 0.329 e. The Kier molecular flexibility index (Phi) is 6.91. The first-order chi connectivity index (χ1) is 9.57. The molecule has 6 heteroatoms. The molecule has 2 unspecified atom stereocenters. The van der Waals surface area contributed by atoms with Crippen molar-refractivity contribution in [1.29, 1.82) is 0 Å². The molecule has 3 N–H and O–H groups in total. The van der Waals surface area contributed by atoms with Gasteiger partial charge in [0.15, 0.2) is 0 Å². The molecule has 1 aliphatic rings. The van der Waals surface area contributed by atoms with Crippen LogP contribution in [-0.4, -0.2) is 64.3 Å². The Labute approximate surface area is 142 Å². The van der Waals surface area contributed by atoms with Gasteiger partial charge < -0.3 is 11.1 Å². The van der Waals surface area contributed by atoms with Crippen molar-refractivity contribution in [2.45, 2.75) is 56.3 Å². The van der Waals surface area contributed by atoms with Crippen molar-refractivity contribution in [2.24, 2.45) is 5.73 Å². The highest BCUT2D eigenvalue weighted by Gasteiger charge is 2.45. The third-order valence-corrected chi connectivity index (χ3v) is 5.00. The molecule has 4 nitrogen and oxygen atoms in total. The summed E-state index contributed by atoms with van der Waals surface area (Å²) in [6.07, 6.45) is 1.03. The fourth-order valence-electron chi connectivity index (χ4n) is 3.31. The van der Waals surface area contributed by atoms with E-state index in [2.05, 4.69) is 49.7 Å². The Hall–Kier alpha value is 0.540. The maximum atomic E-state index is 5.88. The van der Waals surface area contributed by atoms with Crippen molar-refractivity contribution in [3.8, 4) is 0 Å². The number of hydrogen-bond acceptors (Lipinski definition) is 6. The molecule has 0 aromatic heterocycles. The molecule has 1 aliphatic heterocycles. The maximum Gasteiger partial charge on any atom is 0.0753 e. The van der Waals surface area contributed by atoms with Crippen LogP contribution in [0.25, 0.3) is 0 Å². The van der Waals surface area contributed by atoms with E-state index in [1.54, 1.807) is 0 Å². The zero-order valence-electron chi connectivity index (χ0n) is 14.3. The SMILES string of the molecule is CCC(C)(N(CCN)CC(C)(C)S)N1CCNCC1(C)S. The molecule has 0 bridgehead atoms. The summed E-state index contributed by atoms with van der Waals surface area (Å²) in [6, 6.07) is 0. The van der Waals surface area contributed by atoms with Crippen LogP contribution in [0.5, 0.6) is 0 Å². The summed E-state index contributed by atoms with van der Waals surface area (Å²) in [5, 5.41) is 3.44. The lowest BCUT2D eigenvalue weighted by atomic mass is 9.98. The molecule has 0 aromatic carbocycles. The van der Waals surface area contributed by atoms with Crippen LogP contribution in [0.3, 0.4) is 0 Å². The summed E-state index contributed by atoms with van der Waals surface area (Å²) in [5.41, 5.74) is 5.82. The normalized spacial score (nSPS) is 27.9. The van der Waals surface area contributed by atoms with Gasteiger partial charge in [-0.3, -0.25) is 9.80 Å². The van der Waals surface area contributed by atoms with E-state index < -0.39 is 0 Å². The molecule has 126 valence electrons. The molecular weight excluding hydrogens is 300 g/mol. The van der Waals surface area contributed by atoms with E-state index in [0.717, 1.165) is 39.1 Å². The van der Waals surface area contributed by atoms with Crippen molar-refractivity contribution >= 4 is 25.3 Å². The van der Waals surface area contributed by atoms with Gasteiger partial charge in [-0.1, -0.05) is 6.92 Å². The second-order valence-electron chi connectivity index (χ2n) is 7.14. The van der Waals surface area contributed by atoms with Crippen LogP contribution in [0.2, 0.25) is 0 Å². The lowest BCUT2D eigenvalue weighted by molar-refractivity contribution is -0.0878. The van der Waals surface area contributed by atoms with E-state index in [1.165, 1.54) is 0 Å². The molecule has 0 aliphatic carbocycles. The number of nitrogens with one attached hydrogen (secondary N) is 1. The van der Waals surface area contributed by atoms with Crippen molar-refractivity contribution < 1.29 is 0 Å². The number of nitrogens with zero attached hydrogens (tertiary/aromatic N) is 2. The summed E-state index contributed by atoms with van der Waals surface area (Å²) in [7, 11) is 0. The first-order valence-electron chi connectivity index (χ1n) is 7.95. The predicted molar refractivity (Wildman–Crippen MR) is 99.4 cm³/mol. The molecule has 1 fully saturated rings. The fraction of sp³-hybridized carbons (Fsp3) is 1.00. The molecule has 0 aromatic rings. The number of hydrogen-bond donors (Lipinski definition) is 4. The summed E-state index contributed by atoms with van der Waals surface area (Å²) >= 11 is 9.65. The molecule has 21 heavy (non-hydrogen) atoms. The number of rotatable bonds is 7. The highest BCUT2D eigenvalue weighted by molar-refractivity contribution is 7.82. The minimum Gasteiger partial charge on any atom is -0.329 e. The second kappa shape index (κ2) is 7.41. The van der Waals surface area contributed by atoms with Crippen LogP contribution in [0.4, 0.5) is 0 Å². The van der Waals surface area contributed by atoms with Crippen LogP contribution in [-0.2, 0) is 0 Å². The van der Waals surface area contributed by atoms with E-state index in [-0.39, 0.29) is 15.3 Å². The van der Waals surface area contributed by atoms with Gasteiger partial charge in [0.1, 0.15) is 0 Å². The Bertz CT molecular complexity index is 330. The number of nitrogens with two attached hydrogens (primary N) is 1. The summed E-state index contributed by atoms with van der Waals surface area (Å²) in [4.78, 5) is 4.85. The lowest BCUT2D eigenvalue weighted by Crippen LogP contribution is -2.70. The quantitative estimate of drug-likeness (QED) is 0.535. The van der Waals surface area contributed by atoms with Crippen LogP contribution in [0, 0.1) is 0 Å². The van der Waals surface area contributed by atoms with Gasteiger partial charge in [0, 0.05) is 44.0 Å². The predicted octanol–water partition coefficient (Wildman–Crippen LogP) is 1.63. The minimum atomic E-state index is -0.156. The van der Waals surface area contributed by atoms with Gasteiger partial charge in [0.25, 0.3) is 0 Å². The summed E-state index contributed by atoms with van der Waals surface area (Å²) in [6.45, 7) is 16.4. The average Bonchev–Trinajstić information content (AvgIpc) is 2.35. The van der Waals surface area contributed by atoms with Crippen LogP contribution in [0.15, 0.2) is 0 Å². The molecule has 0 amide bonds. The zero-order valence-corrected chi connectivity index (χ0v) is 16.1. The molecular formula is C15H34N4S2. The van der Waals surface area contributed by atoms with Gasteiger partial charge in [-0.05, 0) is 34.1 Å². The van der Waals surface area contributed by atoms with Crippen molar-refractivity contribution in [1.82, 2.24) is 15.1 Å². The topological polar surface area (TPSA) is 44.5 Å². The third kappa shape index (κ3) is 5.01. The second-order valence-corrected chi connectivity index (χ2v) is 9.31. The van der Waals surface area contributed by atoms with Crippen LogP contribution >= 0.6 is 25.3 Å². The first-order valence-corrected chi connectivity index (χ1v) is 8.84. The fourth-order valence-corrected chi connectivity index (χ4v) is 3.91. The van der Waals surface area contributed by atoms with Gasteiger partial charge >= 0.3 is 0 Å². The highest BCUT2D eigenvalue weighted by atomic mass is 32.1.